The van der Waals surface area contributed by atoms with Gasteiger partial charge in [-0.3, -0.25) is 9.59 Å². The van der Waals surface area contributed by atoms with E-state index in [0.717, 1.165) is 0 Å². The Bertz CT molecular complexity index is 867. The molecule has 148 valence electrons. The smallest absolute Gasteiger partial charge is 0.262 e. The fourth-order valence-corrected chi connectivity index (χ4v) is 2.72. The zero-order valence-corrected chi connectivity index (χ0v) is 17.0. The lowest BCUT2D eigenvalue weighted by atomic mass is 10.0. The van der Waals surface area contributed by atoms with Crippen molar-refractivity contribution in [3.05, 3.63) is 63.6 Å². The highest BCUT2D eigenvalue weighted by atomic mass is 35.5. The van der Waals surface area contributed by atoms with Crippen LogP contribution in [0.3, 0.4) is 0 Å². The number of amides is 2. The van der Waals surface area contributed by atoms with Crippen LogP contribution in [0.15, 0.2) is 47.6 Å². The number of nitrogens with zero attached hydrogens (tertiary/aromatic N) is 1. The summed E-state index contributed by atoms with van der Waals surface area (Å²) in [5.74, 6) is -0.692. The van der Waals surface area contributed by atoms with E-state index in [-0.39, 0.29) is 17.6 Å². The van der Waals surface area contributed by atoms with E-state index in [1.807, 2.05) is 13.8 Å². The van der Waals surface area contributed by atoms with Gasteiger partial charge in [-0.2, -0.15) is 5.10 Å². The van der Waals surface area contributed by atoms with Crippen molar-refractivity contribution in [2.24, 2.45) is 11.0 Å². The standard InChI is InChI=1S/C20H21Cl2N3O3/c1-12(2)9-17(24-19(27)13-3-5-15(21)6-4-13)20(28)25-23-11-14-10-16(22)7-8-18(14)26/h3-8,10-12,17,26H,9H2,1-2H3,(H,24,27)(H,25,28)/b23-11+. The molecule has 28 heavy (non-hydrogen) atoms. The summed E-state index contributed by atoms with van der Waals surface area (Å²) in [4.78, 5) is 24.9. The van der Waals surface area contributed by atoms with Crippen molar-refractivity contribution in [2.45, 2.75) is 26.3 Å². The molecule has 2 rings (SSSR count). The molecule has 0 aliphatic carbocycles. The lowest BCUT2D eigenvalue weighted by Gasteiger charge is -2.19. The first-order valence-electron chi connectivity index (χ1n) is 8.64. The number of hydrogen-bond donors (Lipinski definition) is 3. The molecule has 0 radical (unpaired) electrons. The van der Waals surface area contributed by atoms with Crippen molar-refractivity contribution in [1.29, 1.82) is 0 Å². The Kier molecular flexibility index (Phi) is 7.84. The molecule has 0 spiro atoms. The van der Waals surface area contributed by atoms with Crippen LogP contribution in [0, 0.1) is 5.92 Å². The highest BCUT2D eigenvalue weighted by Crippen LogP contribution is 2.19. The number of carbonyl (C=O) groups is 2. The molecule has 0 aliphatic heterocycles. The number of aromatic hydroxyl groups is 1. The highest BCUT2D eigenvalue weighted by molar-refractivity contribution is 6.31. The molecule has 2 amide bonds. The van der Waals surface area contributed by atoms with Crippen LogP contribution in [0.5, 0.6) is 5.75 Å². The third-order valence-corrected chi connectivity index (χ3v) is 4.29. The maximum absolute atomic E-state index is 12.5. The molecule has 8 heteroatoms. The van der Waals surface area contributed by atoms with Gasteiger partial charge in [0, 0.05) is 21.2 Å². The van der Waals surface area contributed by atoms with Crippen molar-refractivity contribution in [2.75, 3.05) is 0 Å². The topological polar surface area (TPSA) is 90.8 Å². The van der Waals surface area contributed by atoms with Gasteiger partial charge in [-0.25, -0.2) is 5.43 Å². The van der Waals surface area contributed by atoms with Crippen molar-refractivity contribution in [3.8, 4) is 5.75 Å². The van der Waals surface area contributed by atoms with Crippen LogP contribution < -0.4 is 10.7 Å². The summed E-state index contributed by atoms with van der Waals surface area (Å²) < 4.78 is 0. The van der Waals surface area contributed by atoms with E-state index in [0.29, 0.717) is 27.6 Å². The van der Waals surface area contributed by atoms with E-state index in [9.17, 15) is 14.7 Å². The minimum Gasteiger partial charge on any atom is -0.507 e. The van der Waals surface area contributed by atoms with Gasteiger partial charge in [0.1, 0.15) is 11.8 Å². The second kappa shape index (κ2) is 10.1. The van der Waals surface area contributed by atoms with Crippen LogP contribution in [-0.2, 0) is 4.79 Å². The van der Waals surface area contributed by atoms with Crippen LogP contribution in [0.2, 0.25) is 10.0 Å². The Hall–Kier alpha value is -2.57. The van der Waals surface area contributed by atoms with Crippen LogP contribution in [0.1, 0.15) is 36.2 Å². The molecule has 2 aromatic carbocycles. The molecular formula is C20H21Cl2N3O3. The molecule has 2 aromatic rings. The monoisotopic (exact) mass is 421 g/mol. The maximum atomic E-state index is 12.5. The molecule has 0 aromatic heterocycles. The van der Waals surface area contributed by atoms with Gasteiger partial charge in [-0.05, 0) is 54.8 Å². The van der Waals surface area contributed by atoms with Gasteiger partial charge in [0.05, 0.1) is 6.21 Å². The number of phenols is 1. The summed E-state index contributed by atoms with van der Waals surface area (Å²) in [6, 6.07) is 10.1. The summed E-state index contributed by atoms with van der Waals surface area (Å²) in [6.07, 6.45) is 1.72. The molecule has 0 bridgehead atoms. The normalized spacial score (nSPS) is 12.2. The molecule has 0 saturated heterocycles. The number of phenolic OH excluding ortho intramolecular Hbond substituents is 1. The zero-order chi connectivity index (χ0) is 20.7. The van der Waals surface area contributed by atoms with E-state index in [1.165, 1.54) is 24.4 Å². The molecular weight excluding hydrogens is 401 g/mol. The van der Waals surface area contributed by atoms with Crippen LogP contribution in [0.25, 0.3) is 0 Å². The van der Waals surface area contributed by atoms with Gasteiger partial charge in [0.25, 0.3) is 11.8 Å². The third kappa shape index (κ3) is 6.55. The van der Waals surface area contributed by atoms with E-state index >= 15 is 0 Å². The van der Waals surface area contributed by atoms with Crippen molar-refractivity contribution >= 4 is 41.2 Å². The molecule has 0 heterocycles. The minimum atomic E-state index is -0.770. The lowest BCUT2D eigenvalue weighted by Crippen LogP contribution is -2.46. The molecule has 6 nitrogen and oxygen atoms in total. The number of hydrogen-bond acceptors (Lipinski definition) is 4. The fraction of sp³-hybridized carbons (Fsp3) is 0.250. The second-order valence-corrected chi connectivity index (χ2v) is 7.47. The Morgan fingerprint density at radius 3 is 2.39 bits per heavy atom. The van der Waals surface area contributed by atoms with E-state index in [4.69, 9.17) is 23.2 Å². The van der Waals surface area contributed by atoms with Gasteiger partial charge in [0.2, 0.25) is 0 Å². The number of halogens is 2. The molecule has 3 N–H and O–H groups in total. The van der Waals surface area contributed by atoms with Crippen molar-refractivity contribution < 1.29 is 14.7 Å². The molecule has 0 saturated carbocycles. The quantitative estimate of drug-likeness (QED) is 0.466. The van der Waals surface area contributed by atoms with Gasteiger partial charge >= 0.3 is 0 Å². The summed E-state index contributed by atoms with van der Waals surface area (Å²) in [5.41, 5.74) is 3.15. The SMILES string of the molecule is CC(C)CC(NC(=O)c1ccc(Cl)cc1)C(=O)N/N=C/c1cc(Cl)ccc1O. The van der Waals surface area contributed by atoms with Crippen LogP contribution in [0.4, 0.5) is 0 Å². The predicted molar refractivity (Wildman–Crippen MR) is 111 cm³/mol. The molecule has 0 fully saturated rings. The van der Waals surface area contributed by atoms with E-state index in [1.54, 1.807) is 24.3 Å². The number of hydrazone groups is 1. The molecule has 1 unspecified atom stereocenters. The predicted octanol–water partition coefficient (Wildman–Crippen LogP) is 3.99. The first-order chi connectivity index (χ1) is 13.3. The Labute approximate surface area is 173 Å². The first kappa shape index (κ1) is 21.7. The van der Waals surface area contributed by atoms with E-state index < -0.39 is 11.9 Å². The largest absolute Gasteiger partial charge is 0.507 e. The number of nitrogens with one attached hydrogen (secondary N) is 2. The summed E-state index contributed by atoms with van der Waals surface area (Å²) >= 11 is 11.7. The zero-order valence-electron chi connectivity index (χ0n) is 15.4. The van der Waals surface area contributed by atoms with Gasteiger partial charge in [-0.1, -0.05) is 37.0 Å². The summed E-state index contributed by atoms with van der Waals surface area (Å²) in [6.45, 7) is 3.89. The third-order valence-electron chi connectivity index (χ3n) is 3.80. The first-order valence-corrected chi connectivity index (χ1v) is 9.39. The second-order valence-electron chi connectivity index (χ2n) is 6.60. The highest BCUT2D eigenvalue weighted by Gasteiger charge is 2.22. The molecule has 0 aliphatic rings. The Balaban J connectivity index is 2.05. The average Bonchev–Trinajstić information content (AvgIpc) is 2.64. The van der Waals surface area contributed by atoms with Gasteiger partial charge in [0.15, 0.2) is 0 Å². The number of carbonyl (C=O) groups excluding carboxylic acids is 2. The lowest BCUT2D eigenvalue weighted by molar-refractivity contribution is -0.123. The Morgan fingerprint density at radius 1 is 1.11 bits per heavy atom. The van der Waals surface area contributed by atoms with Crippen molar-refractivity contribution in [3.63, 3.8) is 0 Å². The van der Waals surface area contributed by atoms with Crippen molar-refractivity contribution in [1.82, 2.24) is 10.7 Å². The molecule has 1 atom stereocenters. The fourth-order valence-electron chi connectivity index (χ4n) is 2.42. The maximum Gasteiger partial charge on any atom is 0.262 e. The Morgan fingerprint density at radius 2 is 1.75 bits per heavy atom. The average molecular weight is 422 g/mol. The van der Waals surface area contributed by atoms with Gasteiger partial charge in [-0.15, -0.1) is 0 Å². The minimum absolute atomic E-state index is 0.0165. The summed E-state index contributed by atoms with van der Waals surface area (Å²) in [5, 5.41) is 17.3. The number of benzene rings is 2. The van der Waals surface area contributed by atoms with Gasteiger partial charge < -0.3 is 10.4 Å². The number of rotatable bonds is 7. The van der Waals surface area contributed by atoms with Crippen LogP contribution >= 0.6 is 23.2 Å². The van der Waals surface area contributed by atoms with E-state index in [2.05, 4.69) is 15.8 Å². The summed E-state index contributed by atoms with van der Waals surface area (Å²) in [7, 11) is 0. The van der Waals surface area contributed by atoms with Crippen LogP contribution in [-0.4, -0.2) is 29.2 Å².